The van der Waals surface area contributed by atoms with Crippen LogP contribution in [0.5, 0.6) is 11.5 Å². The maximum Gasteiger partial charge on any atom is 0.350 e. The van der Waals surface area contributed by atoms with Gasteiger partial charge in [0.1, 0.15) is 10.5 Å². The van der Waals surface area contributed by atoms with Crippen LogP contribution >= 0.6 is 11.3 Å². The number of aromatic nitrogens is 1. The Morgan fingerprint density at radius 1 is 1.10 bits per heavy atom. The van der Waals surface area contributed by atoms with Crippen LogP contribution in [0.3, 0.4) is 0 Å². The summed E-state index contributed by atoms with van der Waals surface area (Å²) >= 11 is 1.02. The van der Waals surface area contributed by atoms with Gasteiger partial charge in [-0.3, -0.25) is 14.5 Å². The number of anilines is 1. The fourth-order valence-corrected chi connectivity index (χ4v) is 5.72. The summed E-state index contributed by atoms with van der Waals surface area (Å²) in [5.74, 6) is -0.0993. The van der Waals surface area contributed by atoms with E-state index in [2.05, 4.69) is 11.9 Å². The van der Waals surface area contributed by atoms with E-state index in [-0.39, 0.29) is 26.8 Å². The van der Waals surface area contributed by atoms with Crippen molar-refractivity contribution in [3.05, 3.63) is 80.1 Å². The van der Waals surface area contributed by atoms with Crippen LogP contribution in [0.2, 0.25) is 0 Å². The molecule has 0 bridgehead atoms. The highest BCUT2D eigenvalue weighted by Crippen LogP contribution is 2.44. The molecule has 10 heteroatoms. The number of thiazole rings is 1. The van der Waals surface area contributed by atoms with Gasteiger partial charge < -0.3 is 18.6 Å². The molecule has 202 valence electrons. The standard InChI is InChI=1S/C29H28N2O7S/c1-5-6-9-14-37-20-13-12-17(15-21(20)35-3)23-22-24(32)18-10-7-8-11-19(18)38-25(22)27(33)31(23)29-30-16(2)26(39-29)28(34)36-4/h7-8,10-13,15,23H,5-6,9,14H2,1-4H3. The summed E-state index contributed by atoms with van der Waals surface area (Å²) in [7, 11) is 2.82. The normalized spacial score (nSPS) is 14.5. The molecular formula is C29H28N2O7S. The first-order chi connectivity index (χ1) is 18.9. The lowest BCUT2D eigenvalue weighted by Gasteiger charge is -2.23. The lowest BCUT2D eigenvalue weighted by atomic mass is 9.98. The van der Waals surface area contributed by atoms with E-state index in [0.717, 1.165) is 30.6 Å². The highest BCUT2D eigenvalue weighted by atomic mass is 32.1. The van der Waals surface area contributed by atoms with Crippen molar-refractivity contribution >= 4 is 39.3 Å². The van der Waals surface area contributed by atoms with E-state index < -0.39 is 17.9 Å². The zero-order chi connectivity index (χ0) is 27.7. The lowest BCUT2D eigenvalue weighted by Crippen LogP contribution is -2.29. The number of aryl methyl sites for hydroxylation is 1. The fraction of sp³-hybridized carbons (Fsp3) is 0.310. The topological polar surface area (TPSA) is 108 Å². The Bertz CT molecular complexity index is 1620. The largest absolute Gasteiger partial charge is 0.493 e. The summed E-state index contributed by atoms with van der Waals surface area (Å²) < 4.78 is 22.5. The molecule has 0 saturated carbocycles. The van der Waals surface area contributed by atoms with Crippen molar-refractivity contribution in [2.45, 2.75) is 39.2 Å². The van der Waals surface area contributed by atoms with Crippen molar-refractivity contribution in [2.75, 3.05) is 25.7 Å². The minimum Gasteiger partial charge on any atom is -0.493 e. The van der Waals surface area contributed by atoms with Crippen molar-refractivity contribution in [2.24, 2.45) is 0 Å². The quantitative estimate of drug-likeness (QED) is 0.194. The van der Waals surface area contributed by atoms with Crippen LogP contribution in [-0.2, 0) is 4.74 Å². The molecule has 0 fully saturated rings. The summed E-state index contributed by atoms with van der Waals surface area (Å²) in [6.07, 6.45) is 3.05. The zero-order valence-corrected chi connectivity index (χ0v) is 22.9. The van der Waals surface area contributed by atoms with Crippen LogP contribution in [-0.4, -0.2) is 37.7 Å². The van der Waals surface area contributed by atoms with Crippen LogP contribution in [0, 0.1) is 6.92 Å². The first-order valence-corrected chi connectivity index (χ1v) is 13.5. The molecule has 2 aromatic carbocycles. The van der Waals surface area contributed by atoms with Crippen LogP contribution in [0.15, 0.2) is 51.7 Å². The van der Waals surface area contributed by atoms with Gasteiger partial charge in [0.05, 0.1) is 43.5 Å². The van der Waals surface area contributed by atoms with Crippen molar-refractivity contribution in [1.29, 1.82) is 0 Å². The van der Waals surface area contributed by atoms with E-state index in [1.165, 1.54) is 19.1 Å². The molecule has 39 heavy (non-hydrogen) atoms. The Hall–Kier alpha value is -4.18. The van der Waals surface area contributed by atoms with Crippen LogP contribution in [0.25, 0.3) is 11.0 Å². The second-order valence-corrected chi connectivity index (χ2v) is 10.1. The lowest BCUT2D eigenvalue weighted by molar-refractivity contribution is 0.0605. The number of ether oxygens (including phenoxy) is 3. The first kappa shape index (κ1) is 26.4. The van der Waals surface area contributed by atoms with E-state index in [1.807, 2.05) is 0 Å². The molecule has 1 amide bonds. The van der Waals surface area contributed by atoms with Gasteiger partial charge in [-0.15, -0.1) is 0 Å². The van der Waals surface area contributed by atoms with Crippen LogP contribution < -0.4 is 19.8 Å². The summed E-state index contributed by atoms with van der Waals surface area (Å²) in [5.41, 5.74) is 1.23. The third kappa shape index (κ3) is 4.65. The van der Waals surface area contributed by atoms with Gasteiger partial charge in [-0.05, 0) is 43.2 Å². The van der Waals surface area contributed by atoms with Crippen LogP contribution in [0.4, 0.5) is 5.13 Å². The molecule has 0 radical (unpaired) electrons. The van der Waals surface area contributed by atoms with Gasteiger partial charge in [0.2, 0.25) is 5.76 Å². The summed E-state index contributed by atoms with van der Waals surface area (Å²) in [6, 6.07) is 11.3. The molecule has 2 aromatic heterocycles. The number of benzene rings is 2. The SMILES string of the molecule is CCCCCOc1ccc(C2c3c(oc4ccccc4c3=O)C(=O)N2c2nc(C)c(C(=O)OC)s2)cc1OC. The number of para-hydroxylation sites is 1. The van der Waals surface area contributed by atoms with Crippen molar-refractivity contribution < 1.29 is 28.2 Å². The number of hydrogen-bond acceptors (Lipinski definition) is 9. The van der Waals surface area contributed by atoms with Crippen LogP contribution in [0.1, 0.15) is 69.3 Å². The molecular weight excluding hydrogens is 520 g/mol. The molecule has 1 aliphatic rings. The summed E-state index contributed by atoms with van der Waals surface area (Å²) in [6.45, 7) is 4.34. The predicted octanol–water partition coefficient (Wildman–Crippen LogP) is 5.67. The van der Waals surface area contributed by atoms with Gasteiger partial charge in [0.25, 0.3) is 5.91 Å². The highest BCUT2D eigenvalue weighted by molar-refractivity contribution is 7.17. The van der Waals surface area contributed by atoms with E-state index in [0.29, 0.717) is 40.3 Å². The van der Waals surface area contributed by atoms with Gasteiger partial charge in [-0.1, -0.05) is 49.3 Å². The Balaban J connectivity index is 1.67. The predicted molar refractivity (Wildman–Crippen MR) is 147 cm³/mol. The van der Waals surface area contributed by atoms with Gasteiger partial charge in [0.15, 0.2) is 22.1 Å². The second kappa shape index (κ2) is 10.9. The maximum absolute atomic E-state index is 13.8. The summed E-state index contributed by atoms with van der Waals surface area (Å²) in [5, 5.41) is 0.612. The number of nitrogens with zero attached hydrogens (tertiary/aromatic N) is 2. The Kier molecular flexibility index (Phi) is 7.38. The molecule has 1 unspecified atom stereocenters. The number of carbonyl (C=O) groups excluding carboxylic acids is 2. The minimum atomic E-state index is -0.868. The molecule has 3 heterocycles. The average Bonchev–Trinajstić information content (AvgIpc) is 3.47. The molecule has 1 aliphatic heterocycles. The number of carbonyl (C=O) groups is 2. The maximum atomic E-state index is 13.8. The van der Waals surface area contributed by atoms with Gasteiger partial charge in [-0.25, -0.2) is 9.78 Å². The highest BCUT2D eigenvalue weighted by Gasteiger charge is 2.45. The number of esters is 1. The molecule has 0 N–H and O–H groups in total. The second-order valence-electron chi connectivity index (χ2n) is 9.12. The van der Waals surface area contributed by atoms with E-state index in [9.17, 15) is 14.4 Å². The zero-order valence-electron chi connectivity index (χ0n) is 22.1. The monoisotopic (exact) mass is 548 g/mol. The number of unbranched alkanes of at least 4 members (excludes halogenated alkanes) is 2. The molecule has 4 aromatic rings. The Morgan fingerprint density at radius 3 is 2.64 bits per heavy atom. The molecule has 0 saturated heterocycles. The van der Waals surface area contributed by atoms with Crippen molar-refractivity contribution in [1.82, 2.24) is 4.98 Å². The Labute approximate surface area is 228 Å². The minimum absolute atomic E-state index is 0.0602. The van der Waals surface area contributed by atoms with E-state index in [4.69, 9.17) is 18.6 Å². The first-order valence-electron chi connectivity index (χ1n) is 12.6. The molecule has 5 rings (SSSR count). The fourth-order valence-electron chi connectivity index (χ4n) is 4.71. The third-order valence-corrected chi connectivity index (χ3v) is 7.79. The van der Waals surface area contributed by atoms with Gasteiger partial charge in [-0.2, -0.15) is 0 Å². The van der Waals surface area contributed by atoms with Gasteiger partial charge in [0, 0.05) is 0 Å². The number of methoxy groups -OCH3 is 2. The number of hydrogen-bond donors (Lipinski definition) is 0. The number of rotatable bonds is 9. The van der Waals surface area contributed by atoms with Crippen molar-refractivity contribution in [3.63, 3.8) is 0 Å². The van der Waals surface area contributed by atoms with E-state index >= 15 is 0 Å². The third-order valence-electron chi connectivity index (χ3n) is 6.65. The molecule has 9 nitrogen and oxygen atoms in total. The molecule has 0 aliphatic carbocycles. The number of fused-ring (bicyclic) bond motifs is 2. The smallest absolute Gasteiger partial charge is 0.350 e. The van der Waals surface area contributed by atoms with E-state index in [1.54, 1.807) is 49.4 Å². The van der Waals surface area contributed by atoms with Crippen molar-refractivity contribution in [3.8, 4) is 11.5 Å². The molecule has 1 atom stereocenters. The average molecular weight is 549 g/mol. The molecule has 0 spiro atoms. The summed E-state index contributed by atoms with van der Waals surface area (Å²) in [4.78, 5) is 46.1. The van der Waals surface area contributed by atoms with Gasteiger partial charge >= 0.3 is 5.97 Å². The number of amides is 1. The Morgan fingerprint density at radius 2 is 1.90 bits per heavy atom.